The van der Waals surface area contributed by atoms with Crippen molar-refractivity contribution in [3.05, 3.63) is 59.7 Å². The number of nitrogens with zero attached hydrogens (tertiary/aromatic N) is 2. The highest BCUT2D eigenvalue weighted by molar-refractivity contribution is 5.85. The van der Waals surface area contributed by atoms with Crippen LogP contribution in [0, 0.1) is 12.8 Å². The molecule has 6 heteroatoms. The number of hydrogen-bond donors (Lipinski definition) is 1. The van der Waals surface area contributed by atoms with Crippen LogP contribution in [0.5, 0.6) is 0 Å². The zero-order valence-corrected chi connectivity index (χ0v) is 19.0. The van der Waals surface area contributed by atoms with Gasteiger partial charge in [-0.25, -0.2) is 0 Å². The molecule has 170 valence electrons. The number of rotatable bonds is 8. The van der Waals surface area contributed by atoms with Gasteiger partial charge in [0.05, 0.1) is 5.92 Å². The topological polar surface area (TPSA) is 83.7 Å². The molecule has 0 aromatic heterocycles. The van der Waals surface area contributed by atoms with E-state index in [2.05, 4.69) is 37.3 Å². The van der Waals surface area contributed by atoms with Crippen molar-refractivity contribution >= 4 is 17.7 Å². The first-order chi connectivity index (χ1) is 15.4. The number of primary amides is 1. The van der Waals surface area contributed by atoms with Gasteiger partial charge in [-0.05, 0) is 36.5 Å². The number of carbonyl (C=O) groups is 3. The molecule has 0 spiro atoms. The van der Waals surface area contributed by atoms with Gasteiger partial charge in [0.15, 0.2) is 0 Å². The van der Waals surface area contributed by atoms with Crippen molar-refractivity contribution in [2.75, 3.05) is 26.2 Å². The van der Waals surface area contributed by atoms with E-state index in [1.165, 1.54) is 5.56 Å². The fourth-order valence-corrected chi connectivity index (χ4v) is 4.29. The molecule has 1 aliphatic rings. The highest BCUT2D eigenvalue weighted by Gasteiger charge is 2.32. The van der Waals surface area contributed by atoms with Crippen LogP contribution >= 0.6 is 0 Å². The molecule has 6 nitrogen and oxygen atoms in total. The van der Waals surface area contributed by atoms with E-state index in [0.29, 0.717) is 32.6 Å². The molecule has 1 heterocycles. The van der Waals surface area contributed by atoms with E-state index < -0.39 is 5.91 Å². The lowest BCUT2D eigenvalue weighted by Gasteiger charge is -2.24. The molecule has 0 radical (unpaired) electrons. The minimum absolute atomic E-state index is 0.0329. The second-order valence-electron chi connectivity index (χ2n) is 8.60. The average molecular weight is 436 g/mol. The lowest BCUT2D eigenvalue weighted by molar-refractivity contribution is -0.135. The van der Waals surface area contributed by atoms with Gasteiger partial charge >= 0.3 is 0 Å². The Morgan fingerprint density at radius 1 is 1.03 bits per heavy atom. The van der Waals surface area contributed by atoms with E-state index in [4.69, 9.17) is 5.73 Å². The first-order valence-corrected chi connectivity index (χ1v) is 11.4. The van der Waals surface area contributed by atoms with Gasteiger partial charge in [0.1, 0.15) is 0 Å². The van der Waals surface area contributed by atoms with Gasteiger partial charge in [0.2, 0.25) is 17.7 Å². The molecule has 2 N–H and O–H groups in total. The SMILES string of the molecule is CCCN1CCN(C(=O)CCC(N)=O)CC(Cc2cccc(-c3cccc(C)c3)c2)C1=O. The minimum atomic E-state index is -0.485. The third kappa shape index (κ3) is 6.19. The summed E-state index contributed by atoms with van der Waals surface area (Å²) in [4.78, 5) is 40.7. The summed E-state index contributed by atoms with van der Waals surface area (Å²) in [6.07, 6.45) is 1.56. The molecule has 3 rings (SSSR count). The fraction of sp³-hybridized carbons (Fsp3) is 0.423. The van der Waals surface area contributed by atoms with Gasteiger partial charge in [0, 0.05) is 39.0 Å². The van der Waals surface area contributed by atoms with Gasteiger partial charge in [-0.1, -0.05) is 61.0 Å². The summed E-state index contributed by atoms with van der Waals surface area (Å²) in [5, 5.41) is 0. The molecule has 2 aromatic carbocycles. The number of nitrogens with two attached hydrogens (primary N) is 1. The Kier molecular flexibility index (Phi) is 8.03. The maximum Gasteiger partial charge on any atom is 0.227 e. The number of amides is 3. The quantitative estimate of drug-likeness (QED) is 0.691. The molecular weight excluding hydrogens is 402 g/mol. The summed E-state index contributed by atoms with van der Waals surface area (Å²) < 4.78 is 0. The predicted molar refractivity (Wildman–Crippen MR) is 126 cm³/mol. The van der Waals surface area contributed by atoms with Crippen molar-refractivity contribution in [2.24, 2.45) is 11.7 Å². The van der Waals surface area contributed by atoms with Gasteiger partial charge < -0.3 is 15.5 Å². The van der Waals surface area contributed by atoms with Crippen LogP contribution in [-0.2, 0) is 20.8 Å². The van der Waals surface area contributed by atoms with Crippen LogP contribution in [0.4, 0.5) is 0 Å². The normalized spacial score (nSPS) is 16.7. The Hall–Kier alpha value is -3.15. The Morgan fingerprint density at radius 3 is 2.44 bits per heavy atom. The number of hydrogen-bond acceptors (Lipinski definition) is 3. The molecule has 1 fully saturated rings. The van der Waals surface area contributed by atoms with Crippen molar-refractivity contribution in [3.8, 4) is 11.1 Å². The summed E-state index contributed by atoms with van der Waals surface area (Å²) in [6.45, 7) is 6.18. The van der Waals surface area contributed by atoms with Crippen molar-refractivity contribution in [1.82, 2.24) is 9.80 Å². The van der Waals surface area contributed by atoms with Crippen LogP contribution < -0.4 is 5.73 Å². The van der Waals surface area contributed by atoms with E-state index in [0.717, 1.165) is 23.1 Å². The van der Waals surface area contributed by atoms with Crippen LogP contribution in [0.2, 0.25) is 0 Å². The third-order valence-electron chi connectivity index (χ3n) is 5.93. The molecule has 32 heavy (non-hydrogen) atoms. The molecule has 0 bridgehead atoms. The highest BCUT2D eigenvalue weighted by Crippen LogP contribution is 2.24. The van der Waals surface area contributed by atoms with E-state index in [1.807, 2.05) is 30.0 Å². The molecule has 0 saturated carbocycles. The lowest BCUT2D eigenvalue weighted by atomic mass is 9.94. The smallest absolute Gasteiger partial charge is 0.227 e. The summed E-state index contributed by atoms with van der Waals surface area (Å²) in [5.74, 6) is -0.817. The lowest BCUT2D eigenvalue weighted by Crippen LogP contribution is -2.38. The molecule has 1 aliphatic heterocycles. The number of aryl methyl sites for hydroxylation is 1. The zero-order chi connectivity index (χ0) is 23.1. The Bertz CT molecular complexity index is 972. The molecule has 0 aliphatic carbocycles. The average Bonchev–Trinajstić information content (AvgIpc) is 2.92. The molecule has 1 saturated heterocycles. The molecule has 3 amide bonds. The van der Waals surface area contributed by atoms with Gasteiger partial charge in [-0.15, -0.1) is 0 Å². The minimum Gasteiger partial charge on any atom is -0.370 e. The van der Waals surface area contributed by atoms with Crippen molar-refractivity contribution in [1.29, 1.82) is 0 Å². The van der Waals surface area contributed by atoms with Crippen molar-refractivity contribution in [2.45, 2.75) is 39.5 Å². The van der Waals surface area contributed by atoms with Crippen LogP contribution in [0.3, 0.4) is 0 Å². The Balaban J connectivity index is 1.81. The largest absolute Gasteiger partial charge is 0.370 e. The maximum absolute atomic E-state index is 13.3. The molecule has 1 atom stereocenters. The first kappa shape index (κ1) is 23.5. The zero-order valence-electron chi connectivity index (χ0n) is 19.0. The summed E-state index contributed by atoms with van der Waals surface area (Å²) in [7, 11) is 0. The van der Waals surface area contributed by atoms with E-state index in [-0.39, 0.29) is 30.6 Å². The molecule has 2 aromatic rings. The molecular formula is C26H33N3O3. The van der Waals surface area contributed by atoms with Crippen LogP contribution in [0.25, 0.3) is 11.1 Å². The Morgan fingerprint density at radius 2 is 1.75 bits per heavy atom. The monoisotopic (exact) mass is 435 g/mol. The maximum atomic E-state index is 13.3. The van der Waals surface area contributed by atoms with Gasteiger partial charge in [-0.3, -0.25) is 14.4 Å². The Labute approximate surface area is 190 Å². The standard InChI is InChI=1S/C26H33N3O3/c1-3-12-28-13-14-29(25(31)11-10-24(27)30)18-23(26(28)32)17-20-7-5-9-22(16-20)21-8-4-6-19(2)15-21/h4-9,15-16,23H,3,10-14,17-18H2,1-2H3,(H2,27,30). The van der Waals surface area contributed by atoms with E-state index in [1.54, 1.807) is 4.90 Å². The summed E-state index contributed by atoms with van der Waals surface area (Å²) in [6, 6.07) is 16.6. The summed E-state index contributed by atoms with van der Waals surface area (Å²) >= 11 is 0. The number of benzene rings is 2. The van der Waals surface area contributed by atoms with Gasteiger partial charge in [0.25, 0.3) is 0 Å². The van der Waals surface area contributed by atoms with Crippen LogP contribution in [-0.4, -0.2) is 53.7 Å². The number of carbonyl (C=O) groups excluding carboxylic acids is 3. The summed E-state index contributed by atoms with van der Waals surface area (Å²) in [5.41, 5.74) is 9.75. The van der Waals surface area contributed by atoms with Crippen LogP contribution in [0.1, 0.15) is 37.3 Å². The van der Waals surface area contributed by atoms with Crippen molar-refractivity contribution < 1.29 is 14.4 Å². The second-order valence-corrected chi connectivity index (χ2v) is 8.60. The van der Waals surface area contributed by atoms with Gasteiger partial charge in [-0.2, -0.15) is 0 Å². The van der Waals surface area contributed by atoms with E-state index >= 15 is 0 Å². The second kappa shape index (κ2) is 10.9. The predicted octanol–water partition coefficient (Wildman–Crippen LogP) is 3.17. The first-order valence-electron chi connectivity index (χ1n) is 11.4. The fourth-order valence-electron chi connectivity index (χ4n) is 4.29. The van der Waals surface area contributed by atoms with Crippen LogP contribution in [0.15, 0.2) is 48.5 Å². The molecule has 1 unspecified atom stereocenters. The highest BCUT2D eigenvalue weighted by atomic mass is 16.2. The van der Waals surface area contributed by atoms with Crippen molar-refractivity contribution in [3.63, 3.8) is 0 Å². The van der Waals surface area contributed by atoms with E-state index in [9.17, 15) is 14.4 Å². The third-order valence-corrected chi connectivity index (χ3v) is 5.93.